The first kappa shape index (κ1) is 15.0. The Kier molecular flexibility index (Phi) is 4.90. The lowest BCUT2D eigenvalue weighted by molar-refractivity contribution is 0.102. The van der Waals surface area contributed by atoms with Gasteiger partial charge in [0, 0.05) is 5.69 Å². The number of rotatable bonds is 4. The molecule has 1 amide bonds. The van der Waals surface area contributed by atoms with Crippen LogP contribution in [0.1, 0.15) is 10.4 Å². The van der Waals surface area contributed by atoms with Crippen LogP contribution in [0.25, 0.3) is 0 Å². The summed E-state index contributed by atoms with van der Waals surface area (Å²) in [4.78, 5) is 12.1. The first-order valence-electron chi connectivity index (χ1n) is 5.97. The second-order valence-corrected chi connectivity index (χ2v) is 4.82. The molecule has 0 fully saturated rings. The summed E-state index contributed by atoms with van der Waals surface area (Å²) in [6.45, 7) is -0.0397. The van der Waals surface area contributed by atoms with Gasteiger partial charge in [-0.15, -0.1) is 0 Å². The van der Waals surface area contributed by atoms with Crippen molar-refractivity contribution in [2.24, 2.45) is 0 Å². The molecule has 0 saturated carbocycles. The summed E-state index contributed by atoms with van der Waals surface area (Å²) in [5.74, 6) is -0.392. The Hall–Kier alpha value is -2.39. The van der Waals surface area contributed by atoms with Crippen molar-refractivity contribution in [2.75, 3.05) is 11.9 Å². The summed E-state index contributed by atoms with van der Waals surface area (Å²) >= 11 is 3.05. The zero-order valence-electron chi connectivity index (χ0n) is 10.8. The number of nitrogens with one attached hydrogen (secondary N) is 1. The molecule has 0 unspecified atom stereocenters. The SMILES string of the molecule is N#CCOc1ccc(NC(=O)c2cccc(F)c2Br)cc1. The van der Waals surface area contributed by atoms with E-state index in [9.17, 15) is 9.18 Å². The number of carbonyl (C=O) groups excluding carboxylic acids is 1. The molecular formula is C15H10BrFN2O2. The van der Waals surface area contributed by atoms with E-state index in [1.165, 1.54) is 18.2 Å². The zero-order chi connectivity index (χ0) is 15.2. The number of anilines is 1. The average Bonchev–Trinajstić information content (AvgIpc) is 2.49. The lowest BCUT2D eigenvalue weighted by Gasteiger charge is -2.08. The number of hydrogen-bond donors (Lipinski definition) is 1. The topological polar surface area (TPSA) is 62.1 Å². The van der Waals surface area contributed by atoms with E-state index >= 15 is 0 Å². The first-order chi connectivity index (χ1) is 10.1. The van der Waals surface area contributed by atoms with Crippen LogP contribution in [0.3, 0.4) is 0 Å². The maximum atomic E-state index is 13.4. The molecule has 0 saturated heterocycles. The molecule has 106 valence electrons. The molecule has 1 N–H and O–H groups in total. The van der Waals surface area contributed by atoms with Crippen molar-refractivity contribution in [3.05, 3.63) is 58.3 Å². The summed E-state index contributed by atoms with van der Waals surface area (Å²) < 4.78 is 18.6. The lowest BCUT2D eigenvalue weighted by Crippen LogP contribution is -2.13. The number of benzene rings is 2. The highest BCUT2D eigenvalue weighted by atomic mass is 79.9. The van der Waals surface area contributed by atoms with Gasteiger partial charge in [0.2, 0.25) is 0 Å². The molecule has 0 bridgehead atoms. The van der Waals surface area contributed by atoms with E-state index in [4.69, 9.17) is 10.00 Å². The molecular weight excluding hydrogens is 339 g/mol. The quantitative estimate of drug-likeness (QED) is 0.915. The molecule has 2 rings (SSSR count). The number of amides is 1. The molecule has 0 aliphatic carbocycles. The Balaban J connectivity index is 2.09. The molecule has 0 heterocycles. The third-order valence-corrected chi connectivity index (χ3v) is 3.42. The van der Waals surface area contributed by atoms with Crippen molar-refractivity contribution in [2.45, 2.75) is 0 Å². The van der Waals surface area contributed by atoms with Crippen molar-refractivity contribution < 1.29 is 13.9 Å². The molecule has 6 heteroatoms. The van der Waals surface area contributed by atoms with Crippen molar-refractivity contribution in [1.82, 2.24) is 0 Å². The van der Waals surface area contributed by atoms with Crippen molar-refractivity contribution in [3.63, 3.8) is 0 Å². The fourth-order valence-electron chi connectivity index (χ4n) is 1.63. The Bertz CT molecular complexity index is 696. The molecule has 21 heavy (non-hydrogen) atoms. The molecule has 2 aromatic rings. The molecule has 0 aliphatic rings. The Labute approximate surface area is 129 Å². The molecule has 0 atom stereocenters. The summed E-state index contributed by atoms with van der Waals surface area (Å²) in [5.41, 5.74) is 0.750. The average molecular weight is 349 g/mol. The maximum absolute atomic E-state index is 13.4. The van der Waals surface area contributed by atoms with Gasteiger partial charge < -0.3 is 10.1 Å². The predicted molar refractivity (Wildman–Crippen MR) is 79.6 cm³/mol. The zero-order valence-corrected chi connectivity index (χ0v) is 12.4. The van der Waals surface area contributed by atoms with Crippen molar-refractivity contribution in [1.29, 1.82) is 5.26 Å². The summed E-state index contributed by atoms with van der Waals surface area (Å²) in [7, 11) is 0. The van der Waals surface area contributed by atoms with Gasteiger partial charge in [-0.2, -0.15) is 5.26 Å². The van der Waals surface area contributed by atoms with Crippen LogP contribution in [-0.2, 0) is 0 Å². The van der Waals surface area contributed by atoms with Gasteiger partial charge in [0.25, 0.3) is 5.91 Å². The second kappa shape index (κ2) is 6.86. The molecule has 0 aromatic heterocycles. The molecule has 0 spiro atoms. The summed E-state index contributed by atoms with van der Waals surface area (Å²) in [6.07, 6.45) is 0. The van der Waals surface area contributed by atoms with Crippen molar-refractivity contribution in [3.8, 4) is 11.8 Å². The van der Waals surface area contributed by atoms with Crippen LogP contribution in [0.2, 0.25) is 0 Å². The van der Waals surface area contributed by atoms with Gasteiger partial charge in [-0.25, -0.2) is 4.39 Å². The second-order valence-electron chi connectivity index (χ2n) is 4.03. The number of nitrogens with zero attached hydrogens (tertiary/aromatic N) is 1. The summed E-state index contributed by atoms with van der Waals surface area (Å²) in [5, 5.41) is 11.1. The van der Waals surface area contributed by atoms with E-state index in [1.807, 2.05) is 6.07 Å². The third kappa shape index (κ3) is 3.80. The first-order valence-corrected chi connectivity index (χ1v) is 6.76. The Morgan fingerprint density at radius 1 is 1.29 bits per heavy atom. The number of hydrogen-bond acceptors (Lipinski definition) is 3. The van der Waals surface area contributed by atoms with Crippen molar-refractivity contribution >= 4 is 27.5 Å². The smallest absolute Gasteiger partial charge is 0.256 e. The van der Waals surface area contributed by atoms with Crippen LogP contribution in [0, 0.1) is 17.1 Å². The fraction of sp³-hybridized carbons (Fsp3) is 0.0667. The molecule has 0 radical (unpaired) electrons. The number of carbonyl (C=O) groups is 1. The highest BCUT2D eigenvalue weighted by Crippen LogP contribution is 2.22. The van der Waals surface area contributed by atoms with Gasteiger partial charge in [-0.1, -0.05) is 6.07 Å². The van der Waals surface area contributed by atoms with E-state index in [0.717, 1.165) is 0 Å². The van der Waals surface area contributed by atoms with E-state index in [0.29, 0.717) is 11.4 Å². The van der Waals surface area contributed by atoms with Gasteiger partial charge in [-0.3, -0.25) is 4.79 Å². The minimum absolute atomic E-state index is 0.0397. The Morgan fingerprint density at radius 3 is 2.67 bits per heavy atom. The number of nitriles is 1. The minimum Gasteiger partial charge on any atom is -0.479 e. The number of ether oxygens (including phenoxy) is 1. The standard InChI is InChI=1S/C15H10BrFN2O2/c16-14-12(2-1-3-13(14)17)15(20)19-10-4-6-11(7-5-10)21-9-8-18/h1-7H,9H2,(H,19,20). The Morgan fingerprint density at radius 2 is 2.00 bits per heavy atom. The van der Waals surface area contributed by atoms with Crippen LogP contribution >= 0.6 is 15.9 Å². The van der Waals surface area contributed by atoms with Crippen LogP contribution in [0.5, 0.6) is 5.75 Å². The van der Waals surface area contributed by atoms with E-state index in [2.05, 4.69) is 21.2 Å². The van der Waals surface area contributed by atoms with E-state index < -0.39 is 11.7 Å². The third-order valence-electron chi connectivity index (χ3n) is 2.61. The van der Waals surface area contributed by atoms with Crippen LogP contribution < -0.4 is 10.1 Å². The lowest BCUT2D eigenvalue weighted by atomic mass is 10.2. The van der Waals surface area contributed by atoms with Gasteiger partial charge in [0.1, 0.15) is 17.6 Å². The normalized spacial score (nSPS) is 9.76. The highest BCUT2D eigenvalue weighted by molar-refractivity contribution is 9.10. The number of halogens is 2. The maximum Gasteiger partial charge on any atom is 0.256 e. The molecule has 0 aliphatic heterocycles. The van der Waals surface area contributed by atoms with Crippen LogP contribution in [0.4, 0.5) is 10.1 Å². The van der Waals surface area contributed by atoms with Crippen LogP contribution in [0.15, 0.2) is 46.9 Å². The van der Waals surface area contributed by atoms with Gasteiger partial charge in [0.15, 0.2) is 6.61 Å². The fourth-order valence-corrected chi connectivity index (χ4v) is 2.07. The summed E-state index contributed by atoms with van der Waals surface area (Å²) in [6, 6.07) is 12.7. The molecule has 2 aromatic carbocycles. The van der Waals surface area contributed by atoms with E-state index in [-0.39, 0.29) is 16.6 Å². The molecule has 4 nitrogen and oxygen atoms in total. The largest absolute Gasteiger partial charge is 0.479 e. The minimum atomic E-state index is -0.497. The highest BCUT2D eigenvalue weighted by Gasteiger charge is 2.13. The van der Waals surface area contributed by atoms with Gasteiger partial charge >= 0.3 is 0 Å². The van der Waals surface area contributed by atoms with E-state index in [1.54, 1.807) is 24.3 Å². The van der Waals surface area contributed by atoms with Gasteiger partial charge in [0.05, 0.1) is 10.0 Å². The predicted octanol–water partition coefficient (Wildman–Crippen LogP) is 3.74. The van der Waals surface area contributed by atoms with Gasteiger partial charge in [-0.05, 0) is 52.3 Å². The van der Waals surface area contributed by atoms with Crippen LogP contribution in [-0.4, -0.2) is 12.5 Å². The monoisotopic (exact) mass is 348 g/mol.